The number of H-pyrrole nitrogens is 1. The van der Waals surface area contributed by atoms with Crippen LogP contribution in [0.25, 0.3) is 0 Å². The van der Waals surface area contributed by atoms with E-state index in [-0.39, 0.29) is 29.2 Å². The van der Waals surface area contributed by atoms with Crippen LogP contribution in [0.15, 0.2) is 33.7 Å². The second-order valence-electron chi connectivity index (χ2n) is 7.54. The van der Waals surface area contributed by atoms with E-state index in [1.807, 2.05) is 6.92 Å². The highest BCUT2D eigenvalue weighted by Crippen LogP contribution is 2.30. The number of allylic oxidation sites excluding steroid dienone is 1. The van der Waals surface area contributed by atoms with E-state index in [0.29, 0.717) is 18.2 Å². The molecule has 0 spiro atoms. The van der Waals surface area contributed by atoms with Gasteiger partial charge in [-0.2, -0.15) is 0 Å². The molecule has 1 saturated carbocycles. The van der Waals surface area contributed by atoms with Gasteiger partial charge in [-0.15, -0.1) is 16.8 Å². The van der Waals surface area contributed by atoms with Gasteiger partial charge in [0.05, 0.1) is 5.75 Å². The van der Waals surface area contributed by atoms with E-state index in [4.69, 9.17) is 5.73 Å². The third kappa shape index (κ3) is 5.09. The normalized spacial score (nSPS) is 14.1. The lowest BCUT2D eigenvalue weighted by molar-refractivity contribution is -0.116. The molecule has 0 aromatic carbocycles. The molecule has 0 saturated heterocycles. The smallest absolute Gasteiger partial charge is 0.330 e. The van der Waals surface area contributed by atoms with Crippen LogP contribution in [0.1, 0.15) is 45.4 Å². The standard InChI is InChI=1S/C20H29N7O3S/c1-3-5-11-26-17(21)16(18(29)23-19(26)30)27(14-8-6-7-9-14)15(28)12-31-20-24-22-13-25(20)10-4-2/h4,13-14H,2-3,5-12,21H2,1H3,(H,23,29,30). The Morgan fingerprint density at radius 3 is 2.84 bits per heavy atom. The summed E-state index contributed by atoms with van der Waals surface area (Å²) < 4.78 is 3.14. The molecule has 2 aromatic rings. The minimum atomic E-state index is -0.629. The van der Waals surface area contributed by atoms with Crippen LogP contribution in [0, 0.1) is 0 Å². The van der Waals surface area contributed by atoms with Crippen molar-refractivity contribution in [2.24, 2.45) is 0 Å². The van der Waals surface area contributed by atoms with Crippen molar-refractivity contribution in [3.8, 4) is 0 Å². The van der Waals surface area contributed by atoms with E-state index in [1.165, 1.54) is 21.2 Å². The minimum absolute atomic E-state index is 0.0438. The molecule has 11 heteroatoms. The molecule has 168 valence electrons. The van der Waals surface area contributed by atoms with E-state index in [2.05, 4.69) is 21.8 Å². The molecule has 0 aliphatic heterocycles. The fourth-order valence-electron chi connectivity index (χ4n) is 3.84. The zero-order chi connectivity index (χ0) is 22.4. The Labute approximate surface area is 184 Å². The quantitative estimate of drug-likeness (QED) is 0.419. The third-order valence-corrected chi connectivity index (χ3v) is 6.35. The Hall–Kier alpha value is -2.82. The topological polar surface area (TPSA) is 132 Å². The summed E-state index contributed by atoms with van der Waals surface area (Å²) in [6.45, 7) is 6.63. The monoisotopic (exact) mass is 447 g/mol. The molecule has 10 nitrogen and oxygen atoms in total. The average Bonchev–Trinajstić information content (AvgIpc) is 3.41. The van der Waals surface area contributed by atoms with Gasteiger partial charge in [-0.05, 0) is 19.3 Å². The Kier molecular flexibility index (Phi) is 7.72. The molecular formula is C20H29N7O3S. The first-order valence-electron chi connectivity index (χ1n) is 10.5. The van der Waals surface area contributed by atoms with Crippen LogP contribution in [0.2, 0.25) is 0 Å². The van der Waals surface area contributed by atoms with E-state index >= 15 is 0 Å². The van der Waals surface area contributed by atoms with Gasteiger partial charge in [-0.25, -0.2) is 4.79 Å². The van der Waals surface area contributed by atoms with Gasteiger partial charge in [-0.3, -0.25) is 19.1 Å². The number of carbonyl (C=O) groups is 1. The maximum Gasteiger partial charge on any atom is 0.330 e. The van der Waals surface area contributed by atoms with Crippen LogP contribution in [0.4, 0.5) is 11.5 Å². The molecule has 0 atom stereocenters. The Bertz CT molecular complexity index is 1040. The molecule has 3 N–H and O–H groups in total. The lowest BCUT2D eigenvalue weighted by Gasteiger charge is -2.29. The zero-order valence-electron chi connectivity index (χ0n) is 17.7. The summed E-state index contributed by atoms with van der Waals surface area (Å²) in [7, 11) is 0. The fourth-order valence-corrected chi connectivity index (χ4v) is 4.62. The predicted molar refractivity (Wildman–Crippen MR) is 121 cm³/mol. The molecule has 1 fully saturated rings. The number of carbonyl (C=O) groups excluding carboxylic acids is 1. The number of anilines is 2. The van der Waals surface area contributed by atoms with Crippen molar-refractivity contribution in [1.82, 2.24) is 24.3 Å². The number of unbranched alkanes of at least 4 members (excludes halogenated alkanes) is 1. The summed E-state index contributed by atoms with van der Waals surface area (Å²) in [5, 5.41) is 8.53. The maximum absolute atomic E-state index is 13.3. The first kappa shape index (κ1) is 22.9. The number of nitrogens with zero attached hydrogens (tertiary/aromatic N) is 5. The molecule has 31 heavy (non-hydrogen) atoms. The molecule has 0 unspecified atom stereocenters. The second-order valence-corrected chi connectivity index (χ2v) is 8.49. The second kappa shape index (κ2) is 10.5. The predicted octanol–water partition coefficient (Wildman–Crippen LogP) is 1.76. The number of nitrogen functional groups attached to an aromatic ring is 1. The lowest BCUT2D eigenvalue weighted by Crippen LogP contribution is -2.46. The summed E-state index contributed by atoms with van der Waals surface area (Å²) in [6, 6.07) is -0.125. The molecule has 1 aliphatic rings. The van der Waals surface area contributed by atoms with Crippen LogP contribution >= 0.6 is 11.8 Å². The number of nitrogens with one attached hydrogen (secondary N) is 1. The SMILES string of the molecule is C=CCn1cnnc1SCC(=O)N(c1c(N)n(CCCC)c(=O)[nH]c1=O)C1CCCC1. The Balaban J connectivity index is 1.93. The number of amides is 1. The number of aromatic amines is 1. The van der Waals surface area contributed by atoms with Gasteiger partial charge in [0, 0.05) is 19.1 Å². The molecule has 1 aliphatic carbocycles. The molecule has 0 bridgehead atoms. The van der Waals surface area contributed by atoms with Crippen LogP contribution in [0.5, 0.6) is 0 Å². The van der Waals surface area contributed by atoms with E-state index in [9.17, 15) is 14.4 Å². The molecule has 1 amide bonds. The van der Waals surface area contributed by atoms with Gasteiger partial charge in [0.2, 0.25) is 5.91 Å². The van der Waals surface area contributed by atoms with Crippen LogP contribution in [-0.2, 0) is 17.9 Å². The molecule has 2 heterocycles. The number of hydrogen-bond donors (Lipinski definition) is 2. The number of nitrogens with two attached hydrogens (primary N) is 1. The zero-order valence-corrected chi connectivity index (χ0v) is 18.6. The molecular weight excluding hydrogens is 418 g/mol. The van der Waals surface area contributed by atoms with Crippen molar-refractivity contribution in [1.29, 1.82) is 0 Å². The van der Waals surface area contributed by atoms with Crippen molar-refractivity contribution in [2.75, 3.05) is 16.4 Å². The van der Waals surface area contributed by atoms with Crippen LogP contribution in [-0.4, -0.2) is 42.0 Å². The highest BCUT2D eigenvalue weighted by molar-refractivity contribution is 7.99. The van der Waals surface area contributed by atoms with Crippen LogP contribution < -0.4 is 21.9 Å². The highest BCUT2D eigenvalue weighted by Gasteiger charge is 2.32. The van der Waals surface area contributed by atoms with E-state index < -0.39 is 11.2 Å². The lowest BCUT2D eigenvalue weighted by atomic mass is 10.2. The van der Waals surface area contributed by atoms with E-state index in [1.54, 1.807) is 17.0 Å². The van der Waals surface area contributed by atoms with Crippen LogP contribution in [0.3, 0.4) is 0 Å². The van der Waals surface area contributed by atoms with Crippen molar-refractivity contribution in [3.05, 3.63) is 39.8 Å². The largest absolute Gasteiger partial charge is 0.383 e. The molecule has 2 aromatic heterocycles. The van der Waals surface area contributed by atoms with Crippen molar-refractivity contribution >= 4 is 29.2 Å². The van der Waals surface area contributed by atoms with Gasteiger partial charge >= 0.3 is 5.69 Å². The molecule has 3 rings (SSSR count). The average molecular weight is 448 g/mol. The summed E-state index contributed by atoms with van der Waals surface area (Å²) in [5.41, 5.74) is 5.18. The minimum Gasteiger partial charge on any atom is -0.383 e. The molecule has 0 radical (unpaired) electrons. The number of hydrogen-bond acceptors (Lipinski definition) is 7. The van der Waals surface area contributed by atoms with Gasteiger partial charge in [-0.1, -0.05) is 44.0 Å². The van der Waals surface area contributed by atoms with Crippen molar-refractivity contribution in [3.63, 3.8) is 0 Å². The maximum atomic E-state index is 13.3. The van der Waals surface area contributed by atoms with Gasteiger partial charge in [0.15, 0.2) is 10.8 Å². The summed E-state index contributed by atoms with van der Waals surface area (Å²) in [5.74, 6) is -0.135. The van der Waals surface area contributed by atoms with Crippen molar-refractivity contribution < 1.29 is 4.79 Å². The Morgan fingerprint density at radius 1 is 1.42 bits per heavy atom. The first-order chi connectivity index (χ1) is 15.0. The van der Waals surface area contributed by atoms with Crippen molar-refractivity contribution in [2.45, 2.75) is 69.7 Å². The summed E-state index contributed by atoms with van der Waals surface area (Å²) in [4.78, 5) is 42.3. The third-order valence-electron chi connectivity index (χ3n) is 5.38. The number of rotatable bonds is 10. The summed E-state index contributed by atoms with van der Waals surface area (Å²) >= 11 is 1.25. The van der Waals surface area contributed by atoms with Gasteiger partial charge < -0.3 is 15.2 Å². The first-order valence-corrected chi connectivity index (χ1v) is 11.5. The number of thioether (sulfide) groups is 1. The summed E-state index contributed by atoms with van der Waals surface area (Å²) in [6.07, 6.45) is 8.43. The van der Waals surface area contributed by atoms with Gasteiger partial charge in [0.1, 0.15) is 12.1 Å². The fraction of sp³-hybridized carbons (Fsp3) is 0.550. The van der Waals surface area contributed by atoms with Gasteiger partial charge in [0.25, 0.3) is 5.56 Å². The Morgan fingerprint density at radius 2 is 2.16 bits per heavy atom. The van der Waals surface area contributed by atoms with E-state index in [0.717, 1.165) is 38.5 Å². The number of aromatic nitrogens is 5. The highest BCUT2D eigenvalue weighted by atomic mass is 32.2.